The number of aryl methyl sites for hydroxylation is 4. The van der Waals surface area contributed by atoms with Gasteiger partial charge in [-0.15, -0.1) is 26.7 Å². The van der Waals surface area contributed by atoms with Gasteiger partial charge in [0.15, 0.2) is 0 Å². The number of carboxylic acids is 1. The lowest BCUT2D eigenvalue weighted by Crippen LogP contribution is -2.34. The molecule has 0 radical (unpaired) electrons. The van der Waals surface area contributed by atoms with Crippen LogP contribution in [0.4, 0.5) is 61.6 Å². The number of nitrogens with zero attached hydrogens (tertiary/aromatic N) is 13. The second-order valence-corrected chi connectivity index (χ2v) is 30.1. The van der Waals surface area contributed by atoms with E-state index >= 15 is 0 Å². The number of aromatic nitrogens is 2. The first-order valence-corrected chi connectivity index (χ1v) is 42.7. The highest BCUT2D eigenvalue weighted by Gasteiger charge is 2.25. The van der Waals surface area contributed by atoms with Crippen molar-refractivity contribution in [2.75, 3.05) is 281 Å². The van der Waals surface area contributed by atoms with E-state index < -0.39 is 10.9 Å². The minimum absolute atomic E-state index is 0. The van der Waals surface area contributed by atoms with Crippen molar-refractivity contribution in [3.63, 3.8) is 0 Å². The number of carbonyl (C=O) groups is 1. The fourth-order valence-corrected chi connectivity index (χ4v) is 14.6. The van der Waals surface area contributed by atoms with Crippen LogP contribution in [0.2, 0.25) is 0 Å². The summed E-state index contributed by atoms with van der Waals surface area (Å²) in [6.45, 7) is 26.0. The molecule has 6 aliphatic heterocycles. The predicted molar refractivity (Wildman–Crippen MR) is 478 cm³/mol. The van der Waals surface area contributed by atoms with Gasteiger partial charge >= 0.3 is 16.9 Å². The van der Waals surface area contributed by atoms with E-state index in [1.54, 1.807) is 25.7 Å². The van der Waals surface area contributed by atoms with Gasteiger partial charge in [0.05, 0.1) is 208 Å². The highest BCUT2D eigenvalue weighted by atomic mass is 32.1. The Morgan fingerprint density at radius 3 is 0.967 bits per heavy atom. The van der Waals surface area contributed by atoms with Crippen molar-refractivity contribution in [1.82, 2.24) is 9.97 Å². The third kappa shape index (κ3) is 31.9. The number of methoxy groups -OCH3 is 2. The number of hydrogen-bond donors (Lipinski definition) is 1. The van der Waals surface area contributed by atoms with E-state index in [1.165, 1.54) is 16.7 Å². The number of azo groups is 2. The molecule has 35 heteroatoms. The second kappa shape index (κ2) is 53.1. The van der Waals surface area contributed by atoms with E-state index in [2.05, 4.69) is 160 Å². The molecule has 14 rings (SSSR count). The zero-order valence-corrected chi connectivity index (χ0v) is 71.7. The third-order valence-electron chi connectivity index (χ3n) is 19.5. The highest BCUT2D eigenvalue weighted by molar-refractivity contribution is 7.13. The van der Waals surface area contributed by atoms with Gasteiger partial charge in [-0.3, -0.25) is 4.79 Å². The normalized spacial score (nSPS) is 16.7. The van der Waals surface area contributed by atoms with Crippen molar-refractivity contribution < 1.29 is 90.6 Å². The molecule has 8 heterocycles. The number of thiazole rings is 2. The van der Waals surface area contributed by atoms with Crippen molar-refractivity contribution >= 4 is 90.2 Å². The summed E-state index contributed by atoms with van der Waals surface area (Å²) in [5, 5.41) is 41.0. The molecule has 6 aromatic carbocycles. The quantitative estimate of drug-likeness (QED) is 0.0291. The van der Waals surface area contributed by atoms with E-state index in [0.717, 1.165) is 90.7 Å². The predicted octanol–water partition coefficient (Wildman–Crippen LogP) is 14.6. The Morgan fingerprint density at radius 1 is 0.390 bits per heavy atom. The summed E-state index contributed by atoms with van der Waals surface area (Å²) in [5.41, 5.74) is 11.2. The molecule has 0 amide bonds. The Hall–Kier alpha value is -10.2. The topological polar surface area (TPSA) is 323 Å². The lowest BCUT2D eigenvalue weighted by molar-refractivity contribution is -0.389. The Balaban J connectivity index is 0.000000275. The number of aliphatic carboxylic acids is 1. The standard InChI is InChI=1S/C44H58N6O10S.C42H55N7O10S.2CH4/c1-33-4-7-37-40(28-33)58-20-14-50(39-9-6-35(30-42(39)60-27-22-53-3)46-47-44-45-36(32-61-44)31-43(51)52)15-21-59-41-29-34(2)5-8-38(41)49-12-18-56-25-23-54-16-10-48(37)11-17-55-24-26-57-19-13-49;1-32-4-7-35-38(28-32)57-20-14-48(37-9-6-34(30-40(37)59-27-22-52-3)44-45-42-43-41(31-60-42)49(50)51)15-21-58-39-29-33(2)5-8-36(39)47-12-18-55-25-23-53-16-10-46(35)11-17-54-24-26-56-19-13-47;;/h4-9,28-30,32H,10-27,31H2,1-3H3,(H,51,52);4-9,28-31H,10-27H2,1-3H3;2*1H4. The summed E-state index contributed by atoms with van der Waals surface area (Å²) in [6, 6.07) is 36.2. The van der Waals surface area contributed by atoms with Gasteiger partial charge in [-0.05, 0) is 133 Å². The van der Waals surface area contributed by atoms with Gasteiger partial charge < -0.3 is 120 Å². The minimum atomic E-state index is -0.956. The van der Waals surface area contributed by atoms with Crippen LogP contribution in [0.15, 0.2) is 140 Å². The average Bonchev–Trinajstić information content (AvgIpc) is 1.40. The molecule has 0 saturated carbocycles. The summed E-state index contributed by atoms with van der Waals surface area (Å²) in [6.07, 6.45) is -0.178. The van der Waals surface area contributed by atoms with Crippen LogP contribution in [0, 0.1) is 37.8 Å². The van der Waals surface area contributed by atoms with Crippen molar-refractivity contribution in [3.05, 3.63) is 158 Å². The van der Waals surface area contributed by atoms with Gasteiger partial charge in [-0.1, -0.05) is 55.6 Å². The van der Waals surface area contributed by atoms with Crippen molar-refractivity contribution in [2.45, 2.75) is 49.0 Å². The van der Waals surface area contributed by atoms with Crippen LogP contribution in [-0.4, -0.2) is 277 Å². The van der Waals surface area contributed by atoms with Gasteiger partial charge in [0.25, 0.3) is 0 Å². The maximum Gasteiger partial charge on any atom is 0.377 e. The first kappa shape index (κ1) is 96.7. The van der Waals surface area contributed by atoms with Crippen LogP contribution < -0.4 is 57.8 Å². The number of rotatable bonds is 17. The molecule has 1 N–H and O–H groups in total. The molecule has 8 aromatic rings. The molecule has 0 aliphatic carbocycles. The zero-order valence-electron chi connectivity index (χ0n) is 70.0. The molecule has 0 spiro atoms. The highest BCUT2D eigenvalue weighted by Crippen LogP contribution is 2.40. The SMILES string of the molecule is C.C.COCCOc1cc(N=Nc2nc(CC(=O)O)cs2)ccc1N1CCOc2cc(C)ccc2N2CCOCCOCCN(CCOCCOCC2)c2ccc(C)cc2OCC1.COCCOc1cc(N=Nc2nc([N+](=O)[O-])cs2)ccc1N1CCOc2cc(C)ccc2N2CCOCCOCCN(CCOCCOCC2)c2ccc(C)cc2OCC1. The van der Waals surface area contributed by atoms with Crippen LogP contribution in [0.3, 0.4) is 0 Å². The first-order chi connectivity index (χ1) is 59.2. The largest absolute Gasteiger partial charge is 0.490 e. The molecule has 2 saturated heterocycles. The van der Waals surface area contributed by atoms with Crippen LogP contribution in [0.25, 0.3) is 0 Å². The Labute approximate surface area is 729 Å². The van der Waals surface area contributed by atoms with E-state index in [9.17, 15) is 14.9 Å². The Bertz CT molecular complexity index is 4350. The summed E-state index contributed by atoms with van der Waals surface area (Å²) >= 11 is 2.27. The van der Waals surface area contributed by atoms with Gasteiger partial charge in [-0.25, -0.2) is 4.98 Å². The van der Waals surface area contributed by atoms with Gasteiger partial charge in [0, 0.05) is 84.1 Å². The van der Waals surface area contributed by atoms with Crippen molar-refractivity contribution in [1.29, 1.82) is 0 Å². The maximum atomic E-state index is 11.2. The summed E-state index contributed by atoms with van der Waals surface area (Å²) in [7, 11) is 3.25. The molecular weight excluding hydrogens is 1620 g/mol. The molecular formula is C88H121N13O20S2. The monoisotopic (exact) mass is 1740 g/mol. The molecule has 2 aromatic heterocycles. The maximum absolute atomic E-state index is 11.2. The Kier molecular flexibility index (Phi) is 41.7. The fourth-order valence-electron chi connectivity index (χ4n) is 13.4. The Morgan fingerprint density at radius 2 is 0.675 bits per heavy atom. The first-order valence-electron chi connectivity index (χ1n) is 40.9. The van der Waals surface area contributed by atoms with E-state index in [0.29, 0.717) is 264 Å². The minimum Gasteiger partial charge on any atom is -0.490 e. The fraction of sp³-hybridized carbons (Fsp3) is 0.511. The molecule has 0 atom stereocenters. The lowest BCUT2D eigenvalue weighted by Gasteiger charge is -2.29. The number of ether oxygens (including phenoxy) is 16. The number of fused-ring (bicyclic) bond motifs is 40. The van der Waals surface area contributed by atoms with Crippen LogP contribution in [-0.2, 0) is 58.6 Å². The summed E-state index contributed by atoms with van der Waals surface area (Å²) in [5.74, 6) is 2.96. The zero-order chi connectivity index (χ0) is 84.6. The third-order valence-corrected chi connectivity index (χ3v) is 21.0. The second-order valence-electron chi connectivity index (χ2n) is 28.4. The number of carboxylic acid groups (broad SMARTS) is 1. The average molecular weight is 1750 g/mol. The van der Waals surface area contributed by atoms with E-state index in [1.807, 2.05) is 30.3 Å². The summed E-state index contributed by atoms with van der Waals surface area (Å²) < 4.78 is 98.4. The van der Waals surface area contributed by atoms with Crippen LogP contribution in [0.1, 0.15) is 42.8 Å². The molecule has 123 heavy (non-hydrogen) atoms. The summed E-state index contributed by atoms with van der Waals surface area (Å²) in [4.78, 5) is 43.3. The van der Waals surface area contributed by atoms with Crippen molar-refractivity contribution in [3.8, 4) is 34.5 Å². The number of anilines is 6. The van der Waals surface area contributed by atoms with Crippen LogP contribution >= 0.6 is 22.7 Å². The molecule has 670 valence electrons. The molecule has 2 fully saturated rings. The van der Waals surface area contributed by atoms with Crippen molar-refractivity contribution in [2.24, 2.45) is 20.5 Å². The molecule has 0 unspecified atom stereocenters. The van der Waals surface area contributed by atoms with Gasteiger partial charge in [0.2, 0.25) is 5.13 Å². The van der Waals surface area contributed by atoms with E-state index in [-0.39, 0.29) is 38.8 Å². The van der Waals surface area contributed by atoms with Gasteiger partial charge in [0.1, 0.15) is 74.1 Å². The van der Waals surface area contributed by atoms with Gasteiger partial charge in [-0.2, -0.15) is 0 Å². The number of benzene rings is 6. The number of hydrogen-bond acceptors (Lipinski definition) is 33. The molecule has 6 aliphatic rings. The molecule has 33 nitrogen and oxygen atoms in total. The van der Waals surface area contributed by atoms with Crippen LogP contribution in [0.5, 0.6) is 34.5 Å². The van der Waals surface area contributed by atoms with E-state index in [4.69, 9.17) is 80.9 Å². The smallest absolute Gasteiger partial charge is 0.377 e. The number of nitro groups is 1. The molecule has 4 bridgehead atoms. The lowest BCUT2D eigenvalue weighted by atomic mass is 10.2.